The van der Waals surface area contributed by atoms with Crippen molar-refractivity contribution in [1.29, 1.82) is 0 Å². The molecule has 1 fully saturated rings. The molecule has 0 aliphatic carbocycles. The Hall–Kier alpha value is -4.64. The van der Waals surface area contributed by atoms with Gasteiger partial charge in [0.15, 0.2) is 0 Å². The number of piperazine rings is 1. The van der Waals surface area contributed by atoms with Crippen molar-refractivity contribution < 1.29 is 31.1 Å². The van der Waals surface area contributed by atoms with Crippen LogP contribution in [0.2, 0.25) is 0 Å². The Balaban J connectivity index is 1.27. The van der Waals surface area contributed by atoms with Crippen LogP contribution >= 0.6 is 0 Å². The van der Waals surface area contributed by atoms with E-state index in [0.717, 1.165) is 46.8 Å². The van der Waals surface area contributed by atoms with Crippen molar-refractivity contribution in [3.63, 3.8) is 0 Å². The van der Waals surface area contributed by atoms with Crippen molar-refractivity contribution >= 4 is 11.6 Å². The highest BCUT2D eigenvalue weighted by Crippen LogP contribution is 2.34. The molecule has 11 heteroatoms. The third kappa shape index (κ3) is 6.44. The Morgan fingerprint density at radius 1 is 0.733 bits per heavy atom. The molecule has 5 nitrogen and oxygen atoms in total. The maximum atomic E-state index is 13.4. The van der Waals surface area contributed by atoms with E-state index in [4.69, 9.17) is 4.98 Å². The number of benzene rings is 3. The predicted molar refractivity (Wildman–Crippen MR) is 158 cm³/mol. The number of hydrogen-bond acceptors (Lipinski definition) is 3. The van der Waals surface area contributed by atoms with Crippen LogP contribution in [0.4, 0.5) is 26.3 Å². The molecule has 45 heavy (non-hydrogen) atoms. The molecule has 0 N–H and O–H groups in total. The highest BCUT2D eigenvalue weighted by Gasteiger charge is 2.32. The number of carbonyl (C=O) groups excluding carboxylic acids is 1. The number of alkyl halides is 6. The lowest BCUT2D eigenvalue weighted by molar-refractivity contribution is -0.138. The second-order valence-corrected chi connectivity index (χ2v) is 11.1. The largest absolute Gasteiger partial charge is 0.416 e. The minimum Gasteiger partial charge on any atom is -0.336 e. The van der Waals surface area contributed by atoms with Gasteiger partial charge in [0, 0.05) is 50.0 Å². The Morgan fingerprint density at radius 3 is 2.02 bits per heavy atom. The van der Waals surface area contributed by atoms with Gasteiger partial charge in [0.25, 0.3) is 5.91 Å². The SMILES string of the molecule is Cc1ccc(-c2nc3ccc(-c4cccc(C(F)(F)F)c4)cn3c2CN2CCN(C(=O)c3ccc(C(F)(F)F)cc3)CC2)cc1. The third-order valence-corrected chi connectivity index (χ3v) is 8.06. The molecule has 3 heterocycles. The van der Waals surface area contributed by atoms with Crippen LogP contribution in [0.25, 0.3) is 28.0 Å². The Kier molecular flexibility index (Phi) is 7.90. The summed E-state index contributed by atoms with van der Waals surface area (Å²) in [6.07, 6.45) is -7.14. The zero-order valence-corrected chi connectivity index (χ0v) is 24.2. The number of rotatable bonds is 5. The standard InChI is InChI=1S/C34H28F6N4O/c1-22-5-7-23(8-6-22)31-29(44-20-26(11-14-30(44)41-31)25-3-2-4-28(19-25)34(38,39)40)21-42-15-17-43(18-16-42)32(45)24-9-12-27(13-10-24)33(35,36)37/h2-14,19-20H,15-18,21H2,1H3. The Labute approximate surface area is 255 Å². The molecule has 0 unspecified atom stereocenters. The molecule has 0 radical (unpaired) electrons. The molecule has 0 saturated carbocycles. The summed E-state index contributed by atoms with van der Waals surface area (Å²) in [4.78, 5) is 21.7. The summed E-state index contributed by atoms with van der Waals surface area (Å²) in [6.45, 7) is 4.23. The molecule has 3 aromatic carbocycles. The highest BCUT2D eigenvalue weighted by atomic mass is 19.4. The number of aryl methyl sites for hydroxylation is 1. The summed E-state index contributed by atoms with van der Waals surface area (Å²) in [5, 5.41) is 0. The van der Waals surface area contributed by atoms with Crippen molar-refractivity contribution in [3.05, 3.63) is 119 Å². The molecule has 1 aliphatic heterocycles. The summed E-state index contributed by atoms with van der Waals surface area (Å²) >= 11 is 0. The van der Waals surface area contributed by atoms with Gasteiger partial charge in [-0.1, -0.05) is 42.0 Å². The van der Waals surface area contributed by atoms with E-state index >= 15 is 0 Å². The number of hydrogen-bond donors (Lipinski definition) is 0. The monoisotopic (exact) mass is 622 g/mol. The first kappa shape index (κ1) is 30.4. The van der Waals surface area contributed by atoms with Crippen molar-refractivity contribution in [2.24, 2.45) is 0 Å². The Bertz CT molecular complexity index is 1830. The number of aromatic nitrogens is 2. The van der Waals surface area contributed by atoms with Crippen LogP contribution in [0.15, 0.2) is 91.1 Å². The number of pyridine rings is 1. The number of halogens is 6. The number of fused-ring (bicyclic) bond motifs is 1. The second-order valence-electron chi connectivity index (χ2n) is 11.1. The van der Waals surface area contributed by atoms with Crippen molar-refractivity contribution in [2.45, 2.75) is 25.8 Å². The molecule has 0 spiro atoms. The quantitative estimate of drug-likeness (QED) is 0.187. The fraction of sp³-hybridized carbons (Fsp3) is 0.235. The first-order valence-corrected chi connectivity index (χ1v) is 14.3. The fourth-order valence-electron chi connectivity index (χ4n) is 5.54. The van der Waals surface area contributed by atoms with Gasteiger partial charge in [-0.25, -0.2) is 4.98 Å². The summed E-state index contributed by atoms with van der Waals surface area (Å²) in [7, 11) is 0. The van der Waals surface area contributed by atoms with E-state index in [2.05, 4.69) is 4.90 Å². The topological polar surface area (TPSA) is 40.9 Å². The van der Waals surface area contributed by atoms with Crippen molar-refractivity contribution in [3.8, 4) is 22.4 Å². The lowest BCUT2D eigenvalue weighted by atomic mass is 10.0. The summed E-state index contributed by atoms with van der Waals surface area (Å²) in [6, 6.07) is 20.9. The maximum Gasteiger partial charge on any atom is 0.416 e. The molecular weight excluding hydrogens is 594 g/mol. The normalized spacial score (nSPS) is 14.7. The summed E-state index contributed by atoms with van der Waals surface area (Å²) < 4.78 is 81.0. The molecule has 2 aromatic heterocycles. The first-order chi connectivity index (χ1) is 21.4. The highest BCUT2D eigenvalue weighted by molar-refractivity contribution is 5.94. The van der Waals surface area contributed by atoms with Crippen LogP contribution < -0.4 is 0 Å². The van der Waals surface area contributed by atoms with E-state index < -0.39 is 23.5 Å². The van der Waals surface area contributed by atoms with Gasteiger partial charge in [-0.2, -0.15) is 26.3 Å². The van der Waals surface area contributed by atoms with Crippen LogP contribution in [-0.4, -0.2) is 51.3 Å². The van der Waals surface area contributed by atoms with Gasteiger partial charge in [-0.3, -0.25) is 9.69 Å². The van der Waals surface area contributed by atoms with Crippen molar-refractivity contribution in [1.82, 2.24) is 19.2 Å². The fourth-order valence-corrected chi connectivity index (χ4v) is 5.54. The van der Waals surface area contributed by atoms with Gasteiger partial charge in [0.1, 0.15) is 5.65 Å². The second kappa shape index (κ2) is 11.7. The number of amides is 1. The predicted octanol–water partition coefficient (Wildman–Crippen LogP) is 7.97. The van der Waals surface area contributed by atoms with Gasteiger partial charge < -0.3 is 9.30 Å². The van der Waals surface area contributed by atoms with Gasteiger partial charge in [-0.05, 0) is 66.6 Å². The van der Waals surface area contributed by atoms with E-state index in [9.17, 15) is 31.1 Å². The van der Waals surface area contributed by atoms with Gasteiger partial charge >= 0.3 is 12.4 Å². The van der Waals surface area contributed by atoms with Gasteiger partial charge in [0.2, 0.25) is 0 Å². The van der Waals surface area contributed by atoms with Crippen LogP contribution in [0.1, 0.15) is 32.7 Å². The first-order valence-electron chi connectivity index (χ1n) is 14.3. The average Bonchev–Trinajstić information content (AvgIpc) is 3.38. The summed E-state index contributed by atoms with van der Waals surface area (Å²) in [5.74, 6) is -0.329. The number of nitrogens with zero attached hydrogens (tertiary/aromatic N) is 4. The maximum absolute atomic E-state index is 13.4. The lowest BCUT2D eigenvalue weighted by Gasteiger charge is -2.34. The zero-order valence-electron chi connectivity index (χ0n) is 24.2. The smallest absolute Gasteiger partial charge is 0.336 e. The average molecular weight is 623 g/mol. The van der Waals surface area contributed by atoms with E-state index in [0.29, 0.717) is 49.5 Å². The summed E-state index contributed by atoms with van der Waals surface area (Å²) in [5.41, 5.74) is 3.93. The van der Waals surface area contributed by atoms with Gasteiger partial charge in [-0.15, -0.1) is 0 Å². The van der Waals surface area contributed by atoms with E-state index in [1.165, 1.54) is 18.2 Å². The molecular formula is C34H28F6N4O. The van der Waals surface area contributed by atoms with Crippen LogP contribution in [-0.2, 0) is 18.9 Å². The van der Waals surface area contributed by atoms with E-state index in [1.807, 2.05) is 35.6 Å². The van der Waals surface area contributed by atoms with Crippen LogP contribution in [0.5, 0.6) is 0 Å². The third-order valence-electron chi connectivity index (χ3n) is 8.06. The number of imidazole rings is 1. The van der Waals surface area contributed by atoms with Crippen LogP contribution in [0, 0.1) is 6.92 Å². The minimum atomic E-state index is -4.48. The molecule has 5 aromatic rings. The molecule has 0 atom stereocenters. The van der Waals surface area contributed by atoms with Crippen LogP contribution in [0.3, 0.4) is 0 Å². The molecule has 0 bridgehead atoms. The molecule has 6 rings (SSSR count). The van der Waals surface area contributed by atoms with Crippen molar-refractivity contribution in [2.75, 3.05) is 26.2 Å². The molecule has 1 saturated heterocycles. The number of carbonyl (C=O) groups is 1. The molecule has 1 aliphatic rings. The molecule has 232 valence electrons. The van der Waals surface area contributed by atoms with E-state index in [-0.39, 0.29) is 11.5 Å². The molecule has 1 amide bonds. The Morgan fingerprint density at radius 2 is 1.38 bits per heavy atom. The minimum absolute atomic E-state index is 0.196. The zero-order chi connectivity index (χ0) is 31.9. The van der Waals surface area contributed by atoms with Gasteiger partial charge in [0.05, 0.1) is 22.5 Å². The van der Waals surface area contributed by atoms with E-state index in [1.54, 1.807) is 29.3 Å². The lowest BCUT2D eigenvalue weighted by Crippen LogP contribution is -2.48.